The molecule has 0 atom stereocenters. The van der Waals surface area contributed by atoms with Gasteiger partial charge in [-0.1, -0.05) is 47.9 Å². The van der Waals surface area contributed by atoms with Gasteiger partial charge in [-0.15, -0.1) is 0 Å². The van der Waals surface area contributed by atoms with Crippen LogP contribution in [-0.4, -0.2) is 19.0 Å². The van der Waals surface area contributed by atoms with Gasteiger partial charge in [-0.2, -0.15) is 0 Å². The van der Waals surface area contributed by atoms with Gasteiger partial charge in [-0.05, 0) is 48.7 Å². The predicted octanol–water partition coefficient (Wildman–Crippen LogP) is 3.99. The van der Waals surface area contributed by atoms with Gasteiger partial charge in [0, 0.05) is 11.1 Å². The SMILES string of the molecule is O=c1sc2cc(S(=O)(=O)NC3CCCC3)ccc2n1Cc1ccc(Cl)cc1. The smallest absolute Gasteiger partial charge is 0.294 e. The third kappa shape index (κ3) is 3.96. The van der Waals surface area contributed by atoms with Crippen LogP contribution in [0.1, 0.15) is 31.2 Å². The van der Waals surface area contributed by atoms with Gasteiger partial charge in [0.1, 0.15) is 0 Å². The van der Waals surface area contributed by atoms with E-state index >= 15 is 0 Å². The Balaban J connectivity index is 1.65. The molecule has 1 fully saturated rings. The molecule has 142 valence electrons. The molecule has 1 saturated carbocycles. The number of rotatable bonds is 5. The summed E-state index contributed by atoms with van der Waals surface area (Å²) in [5.74, 6) is 0. The Bertz CT molecular complexity index is 1130. The highest BCUT2D eigenvalue weighted by Crippen LogP contribution is 2.25. The van der Waals surface area contributed by atoms with Crippen molar-refractivity contribution in [3.63, 3.8) is 0 Å². The quantitative estimate of drug-likeness (QED) is 0.676. The fourth-order valence-electron chi connectivity index (χ4n) is 3.47. The van der Waals surface area contributed by atoms with E-state index in [1.54, 1.807) is 34.9 Å². The lowest BCUT2D eigenvalue weighted by Gasteiger charge is -2.12. The van der Waals surface area contributed by atoms with Crippen molar-refractivity contribution in [1.29, 1.82) is 0 Å². The highest BCUT2D eigenvalue weighted by atomic mass is 35.5. The van der Waals surface area contributed by atoms with Gasteiger partial charge in [0.15, 0.2) is 0 Å². The van der Waals surface area contributed by atoms with Crippen LogP contribution in [0, 0.1) is 0 Å². The normalized spacial score (nSPS) is 15.6. The van der Waals surface area contributed by atoms with E-state index < -0.39 is 10.0 Å². The van der Waals surface area contributed by atoms with Crippen molar-refractivity contribution < 1.29 is 8.42 Å². The Labute approximate surface area is 166 Å². The molecule has 1 aliphatic carbocycles. The third-order valence-electron chi connectivity index (χ3n) is 4.88. The first-order valence-corrected chi connectivity index (χ1v) is 11.5. The fraction of sp³-hybridized carbons (Fsp3) is 0.316. The second-order valence-electron chi connectivity index (χ2n) is 6.81. The number of halogens is 1. The zero-order chi connectivity index (χ0) is 19.0. The first-order valence-electron chi connectivity index (χ1n) is 8.82. The van der Waals surface area contributed by atoms with Gasteiger partial charge >= 0.3 is 4.87 Å². The van der Waals surface area contributed by atoms with E-state index in [1.807, 2.05) is 12.1 Å². The lowest BCUT2D eigenvalue weighted by Crippen LogP contribution is -2.32. The summed E-state index contributed by atoms with van der Waals surface area (Å²) in [5.41, 5.74) is 1.69. The second kappa shape index (κ2) is 7.39. The molecule has 1 N–H and O–H groups in total. The largest absolute Gasteiger partial charge is 0.308 e. The Hall–Kier alpha value is -1.67. The summed E-state index contributed by atoms with van der Waals surface area (Å²) in [5, 5.41) is 0.644. The number of benzene rings is 2. The van der Waals surface area contributed by atoms with E-state index in [-0.39, 0.29) is 15.8 Å². The zero-order valence-electron chi connectivity index (χ0n) is 14.5. The summed E-state index contributed by atoms with van der Waals surface area (Å²) in [6, 6.07) is 12.2. The van der Waals surface area contributed by atoms with E-state index in [9.17, 15) is 13.2 Å². The van der Waals surface area contributed by atoms with Crippen LogP contribution in [0.25, 0.3) is 10.2 Å². The van der Waals surface area contributed by atoms with Crippen LogP contribution in [0.4, 0.5) is 0 Å². The van der Waals surface area contributed by atoms with Gasteiger partial charge < -0.3 is 0 Å². The van der Waals surface area contributed by atoms with Crippen LogP contribution in [0.3, 0.4) is 0 Å². The summed E-state index contributed by atoms with van der Waals surface area (Å²) in [4.78, 5) is 12.5. The van der Waals surface area contributed by atoms with Gasteiger partial charge in [-0.25, -0.2) is 13.1 Å². The molecular weight excluding hydrogens is 404 g/mol. The maximum Gasteiger partial charge on any atom is 0.308 e. The van der Waals surface area contributed by atoms with E-state index in [2.05, 4.69) is 4.72 Å². The molecule has 0 saturated heterocycles. The summed E-state index contributed by atoms with van der Waals surface area (Å²) in [6.07, 6.45) is 3.88. The van der Waals surface area contributed by atoms with Gasteiger partial charge in [0.05, 0.1) is 21.7 Å². The number of sulfonamides is 1. The van der Waals surface area contributed by atoms with Gasteiger partial charge in [0.25, 0.3) is 0 Å². The number of nitrogens with zero attached hydrogens (tertiary/aromatic N) is 1. The number of hydrogen-bond donors (Lipinski definition) is 1. The Kier molecular flexibility index (Phi) is 5.11. The topological polar surface area (TPSA) is 68.2 Å². The van der Waals surface area contributed by atoms with Crippen molar-refractivity contribution in [2.45, 2.75) is 43.2 Å². The van der Waals surface area contributed by atoms with Crippen LogP contribution in [0.5, 0.6) is 0 Å². The second-order valence-corrected chi connectivity index (χ2v) is 9.96. The zero-order valence-corrected chi connectivity index (χ0v) is 16.9. The average molecular weight is 423 g/mol. The molecule has 27 heavy (non-hydrogen) atoms. The number of thiazole rings is 1. The predicted molar refractivity (Wildman–Crippen MR) is 109 cm³/mol. The van der Waals surface area contributed by atoms with E-state index in [1.165, 1.54) is 0 Å². The van der Waals surface area contributed by atoms with Crippen LogP contribution in [0.15, 0.2) is 52.2 Å². The van der Waals surface area contributed by atoms with Crippen LogP contribution < -0.4 is 9.60 Å². The summed E-state index contributed by atoms with van der Waals surface area (Å²) >= 11 is 6.97. The van der Waals surface area contributed by atoms with Gasteiger partial charge in [0.2, 0.25) is 10.0 Å². The maximum absolute atomic E-state index is 12.6. The van der Waals surface area contributed by atoms with Crippen LogP contribution in [-0.2, 0) is 16.6 Å². The maximum atomic E-state index is 12.6. The standard InChI is InChI=1S/C19H19ClN2O3S2/c20-14-7-5-13(6-8-14)12-22-17-10-9-16(11-18(17)26-19(22)23)27(24,25)21-15-3-1-2-4-15/h5-11,15,21H,1-4,12H2. The fourth-order valence-corrected chi connectivity index (χ4v) is 5.93. The van der Waals surface area contributed by atoms with Crippen molar-refractivity contribution in [2.24, 2.45) is 0 Å². The highest BCUT2D eigenvalue weighted by Gasteiger charge is 2.23. The lowest BCUT2D eigenvalue weighted by molar-refractivity contribution is 0.552. The number of hydrogen-bond acceptors (Lipinski definition) is 4. The Morgan fingerprint density at radius 2 is 1.81 bits per heavy atom. The first kappa shape index (κ1) is 18.7. The van der Waals surface area contributed by atoms with Crippen molar-refractivity contribution in [3.8, 4) is 0 Å². The van der Waals surface area contributed by atoms with Crippen molar-refractivity contribution in [3.05, 3.63) is 62.7 Å². The molecule has 1 aliphatic rings. The first-order chi connectivity index (χ1) is 12.9. The average Bonchev–Trinajstić information content (AvgIpc) is 3.24. The van der Waals surface area contributed by atoms with E-state index in [0.717, 1.165) is 48.1 Å². The Morgan fingerprint density at radius 1 is 1.11 bits per heavy atom. The minimum absolute atomic E-state index is 0.0129. The molecule has 0 spiro atoms. The number of fused-ring (bicyclic) bond motifs is 1. The van der Waals surface area contributed by atoms with Gasteiger partial charge in [-0.3, -0.25) is 9.36 Å². The molecule has 3 aromatic rings. The van der Waals surface area contributed by atoms with Crippen LogP contribution in [0.2, 0.25) is 5.02 Å². The number of nitrogens with one attached hydrogen (secondary N) is 1. The molecule has 2 aromatic carbocycles. The summed E-state index contributed by atoms with van der Waals surface area (Å²) in [6.45, 7) is 0.419. The molecule has 1 aromatic heterocycles. The molecule has 4 rings (SSSR count). The van der Waals surface area contributed by atoms with Crippen molar-refractivity contribution in [2.75, 3.05) is 0 Å². The molecule has 0 amide bonds. The monoisotopic (exact) mass is 422 g/mol. The van der Waals surface area contributed by atoms with Crippen molar-refractivity contribution >= 4 is 43.2 Å². The van der Waals surface area contributed by atoms with Crippen LogP contribution >= 0.6 is 22.9 Å². The molecular formula is C19H19ClN2O3S2. The molecule has 0 bridgehead atoms. The highest BCUT2D eigenvalue weighted by molar-refractivity contribution is 7.89. The summed E-state index contributed by atoms with van der Waals surface area (Å²) in [7, 11) is -3.57. The number of aromatic nitrogens is 1. The minimum atomic E-state index is -3.57. The van der Waals surface area contributed by atoms with E-state index in [4.69, 9.17) is 11.6 Å². The molecule has 0 radical (unpaired) electrons. The molecule has 8 heteroatoms. The lowest BCUT2D eigenvalue weighted by atomic mass is 10.2. The Morgan fingerprint density at radius 3 is 2.52 bits per heavy atom. The molecule has 0 aliphatic heterocycles. The molecule has 5 nitrogen and oxygen atoms in total. The third-order valence-corrected chi connectivity index (χ3v) is 7.59. The van der Waals surface area contributed by atoms with E-state index in [0.29, 0.717) is 16.3 Å². The molecule has 0 unspecified atom stereocenters. The minimum Gasteiger partial charge on any atom is -0.294 e. The molecule has 1 heterocycles. The summed E-state index contributed by atoms with van der Waals surface area (Å²) < 4.78 is 30.4. The van der Waals surface area contributed by atoms with Crippen molar-refractivity contribution in [1.82, 2.24) is 9.29 Å².